The molecule has 1 atom stereocenters. The first-order valence-electron chi connectivity index (χ1n) is 8.72. The van der Waals surface area contributed by atoms with Gasteiger partial charge in [-0.2, -0.15) is 0 Å². The number of fused-ring (bicyclic) bond motifs is 1. The fourth-order valence-corrected chi connectivity index (χ4v) is 3.45. The largest absolute Gasteiger partial charge is 0.354 e. The van der Waals surface area contributed by atoms with Crippen LogP contribution in [-0.2, 0) is 0 Å². The SMILES string of the molecule is C/C=C\C(=C/C)c1[nH]c2ccccc2c1C(C[N+](=O)[O-])c1ccccc1. The maximum absolute atomic E-state index is 11.5. The molecule has 0 amide bonds. The summed E-state index contributed by atoms with van der Waals surface area (Å²) in [5.41, 5.74) is 4.90. The monoisotopic (exact) mass is 346 g/mol. The molecule has 3 rings (SSSR count). The van der Waals surface area contributed by atoms with Gasteiger partial charge in [-0.3, -0.25) is 10.1 Å². The van der Waals surface area contributed by atoms with Gasteiger partial charge in [0.05, 0.1) is 11.6 Å². The molecule has 26 heavy (non-hydrogen) atoms. The van der Waals surface area contributed by atoms with Crippen LogP contribution in [0.25, 0.3) is 16.5 Å². The molecular weight excluding hydrogens is 324 g/mol. The second kappa shape index (κ2) is 7.83. The van der Waals surface area contributed by atoms with Crippen molar-refractivity contribution in [2.45, 2.75) is 19.8 Å². The molecule has 0 saturated carbocycles. The van der Waals surface area contributed by atoms with Crippen molar-refractivity contribution in [1.82, 2.24) is 4.98 Å². The molecule has 0 aliphatic rings. The van der Waals surface area contributed by atoms with Gasteiger partial charge in [-0.05, 0) is 36.6 Å². The second-order valence-electron chi connectivity index (χ2n) is 6.18. The molecular formula is C22H22N2O2. The lowest BCUT2D eigenvalue weighted by atomic mass is 9.87. The highest BCUT2D eigenvalue weighted by Gasteiger charge is 2.27. The second-order valence-corrected chi connectivity index (χ2v) is 6.18. The third-order valence-corrected chi connectivity index (χ3v) is 4.57. The highest BCUT2D eigenvalue weighted by atomic mass is 16.6. The molecule has 3 aromatic rings. The fourth-order valence-electron chi connectivity index (χ4n) is 3.45. The number of H-pyrrole nitrogens is 1. The summed E-state index contributed by atoms with van der Waals surface area (Å²) < 4.78 is 0. The third kappa shape index (κ3) is 3.45. The Labute approximate surface area is 153 Å². The van der Waals surface area contributed by atoms with Crippen molar-refractivity contribution in [3.63, 3.8) is 0 Å². The zero-order valence-electron chi connectivity index (χ0n) is 15.0. The van der Waals surface area contributed by atoms with Crippen LogP contribution in [0.1, 0.15) is 36.6 Å². The average Bonchev–Trinajstić information content (AvgIpc) is 3.03. The lowest BCUT2D eigenvalue weighted by molar-refractivity contribution is -0.481. The Balaban J connectivity index is 2.30. The predicted octanol–water partition coefficient (Wildman–Crippen LogP) is 5.56. The molecule has 0 radical (unpaired) electrons. The van der Waals surface area contributed by atoms with Gasteiger partial charge in [-0.1, -0.05) is 66.8 Å². The highest BCUT2D eigenvalue weighted by Crippen LogP contribution is 2.37. The molecule has 2 aromatic carbocycles. The number of aromatic amines is 1. The van der Waals surface area contributed by atoms with Gasteiger partial charge in [-0.25, -0.2) is 0 Å². The van der Waals surface area contributed by atoms with E-state index in [4.69, 9.17) is 0 Å². The van der Waals surface area contributed by atoms with E-state index in [-0.39, 0.29) is 17.4 Å². The van der Waals surface area contributed by atoms with Crippen molar-refractivity contribution < 1.29 is 4.92 Å². The van der Waals surface area contributed by atoms with Gasteiger partial charge < -0.3 is 4.98 Å². The first-order valence-corrected chi connectivity index (χ1v) is 8.72. The summed E-state index contributed by atoms with van der Waals surface area (Å²) in [6.07, 6.45) is 6.04. The molecule has 1 heterocycles. The molecule has 4 heteroatoms. The standard InChI is InChI=1S/C22H22N2O2/c1-3-10-16(4-2)22-21(18-13-8-9-14-20(18)23-22)19(15-24(25)26)17-11-6-5-7-12-17/h3-14,19,23H,15H2,1-2H3/b10-3-,16-4+. The summed E-state index contributed by atoms with van der Waals surface area (Å²) in [5.74, 6) is -0.322. The Kier molecular flexibility index (Phi) is 5.32. The van der Waals surface area contributed by atoms with Crippen LogP contribution in [0.3, 0.4) is 0 Å². The number of nitrogens with one attached hydrogen (secondary N) is 1. The lowest BCUT2D eigenvalue weighted by Crippen LogP contribution is -2.15. The molecule has 0 aliphatic heterocycles. The Morgan fingerprint density at radius 1 is 1.12 bits per heavy atom. The number of rotatable bonds is 6. The number of para-hydroxylation sites is 1. The molecule has 1 unspecified atom stereocenters. The molecule has 132 valence electrons. The summed E-state index contributed by atoms with van der Waals surface area (Å²) in [6.45, 7) is 3.80. The van der Waals surface area contributed by atoms with Crippen LogP contribution in [0.2, 0.25) is 0 Å². The van der Waals surface area contributed by atoms with E-state index in [1.165, 1.54) is 0 Å². The van der Waals surface area contributed by atoms with E-state index in [0.29, 0.717) is 0 Å². The van der Waals surface area contributed by atoms with Crippen LogP contribution in [0, 0.1) is 10.1 Å². The zero-order valence-corrected chi connectivity index (χ0v) is 15.0. The number of hydrogen-bond donors (Lipinski definition) is 1. The number of hydrogen-bond acceptors (Lipinski definition) is 2. The van der Waals surface area contributed by atoms with Gasteiger partial charge in [-0.15, -0.1) is 0 Å². The molecule has 4 nitrogen and oxygen atoms in total. The highest BCUT2D eigenvalue weighted by molar-refractivity contribution is 5.92. The van der Waals surface area contributed by atoms with Gasteiger partial charge >= 0.3 is 0 Å². The zero-order chi connectivity index (χ0) is 18.5. The smallest absolute Gasteiger partial charge is 0.214 e. The van der Waals surface area contributed by atoms with E-state index in [9.17, 15) is 10.1 Å². The van der Waals surface area contributed by atoms with E-state index in [0.717, 1.165) is 33.3 Å². The van der Waals surface area contributed by atoms with E-state index >= 15 is 0 Å². The summed E-state index contributed by atoms with van der Waals surface area (Å²) >= 11 is 0. The molecule has 0 bridgehead atoms. The van der Waals surface area contributed by atoms with Crippen LogP contribution in [0.4, 0.5) is 0 Å². The van der Waals surface area contributed by atoms with E-state index in [2.05, 4.69) is 4.98 Å². The van der Waals surface area contributed by atoms with E-state index < -0.39 is 0 Å². The van der Waals surface area contributed by atoms with Crippen LogP contribution >= 0.6 is 0 Å². The first kappa shape index (κ1) is 17.7. The predicted molar refractivity (Wildman–Crippen MR) is 107 cm³/mol. The quantitative estimate of drug-likeness (QED) is 0.361. The molecule has 1 N–H and O–H groups in total. The topological polar surface area (TPSA) is 58.9 Å². The summed E-state index contributed by atoms with van der Waals surface area (Å²) in [7, 11) is 0. The molecule has 0 aliphatic carbocycles. The van der Waals surface area contributed by atoms with Crippen molar-refractivity contribution in [2.75, 3.05) is 6.54 Å². The van der Waals surface area contributed by atoms with Gasteiger partial charge in [0.1, 0.15) is 0 Å². The number of nitro groups is 1. The Hall–Kier alpha value is -3.14. The van der Waals surface area contributed by atoms with Crippen molar-refractivity contribution >= 4 is 16.5 Å². The maximum Gasteiger partial charge on any atom is 0.214 e. The van der Waals surface area contributed by atoms with Crippen molar-refractivity contribution in [2.24, 2.45) is 0 Å². The minimum absolute atomic E-state index is 0.147. The third-order valence-electron chi connectivity index (χ3n) is 4.57. The Morgan fingerprint density at radius 2 is 1.81 bits per heavy atom. The number of allylic oxidation sites excluding steroid dienone is 4. The van der Waals surface area contributed by atoms with E-state index in [1.54, 1.807) is 0 Å². The van der Waals surface area contributed by atoms with E-state index in [1.807, 2.05) is 86.7 Å². The van der Waals surface area contributed by atoms with Gasteiger partial charge in [0, 0.05) is 15.8 Å². The van der Waals surface area contributed by atoms with Crippen LogP contribution in [0.5, 0.6) is 0 Å². The lowest BCUT2D eigenvalue weighted by Gasteiger charge is -2.16. The normalized spacial score (nSPS) is 13.4. The van der Waals surface area contributed by atoms with Gasteiger partial charge in [0.15, 0.2) is 0 Å². The summed E-state index contributed by atoms with van der Waals surface area (Å²) in [6, 6.07) is 17.7. The summed E-state index contributed by atoms with van der Waals surface area (Å²) in [5, 5.41) is 12.5. The summed E-state index contributed by atoms with van der Waals surface area (Å²) in [4.78, 5) is 14.7. The fraction of sp³-hybridized carbons (Fsp3) is 0.182. The van der Waals surface area contributed by atoms with Crippen LogP contribution in [-0.4, -0.2) is 16.5 Å². The number of benzene rings is 2. The van der Waals surface area contributed by atoms with Crippen LogP contribution in [0.15, 0.2) is 72.8 Å². The van der Waals surface area contributed by atoms with Crippen molar-refractivity contribution in [3.8, 4) is 0 Å². The van der Waals surface area contributed by atoms with Gasteiger partial charge in [0.25, 0.3) is 0 Å². The average molecular weight is 346 g/mol. The Bertz CT molecular complexity index is 968. The minimum Gasteiger partial charge on any atom is -0.354 e. The molecule has 0 spiro atoms. The first-order chi connectivity index (χ1) is 12.7. The van der Waals surface area contributed by atoms with Crippen molar-refractivity contribution in [3.05, 3.63) is 99.8 Å². The van der Waals surface area contributed by atoms with Gasteiger partial charge in [0.2, 0.25) is 6.54 Å². The minimum atomic E-state index is -0.322. The molecule has 0 saturated heterocycles. The maximum atomic E-state index is 11.5. The van der Waals surface area contributed by atoms with Crippen LogP contribution < -0.4 is 0 Å². The number of nitrogens with zero attached hydrogens (tertiary/aromatic N) is 1. The Morgan fingerprint density at radius 3 is 2.46 bits per heavy atom. The van der Waals surface area contributed by atoms with Crippen molar-refractivity contribution in [1.29, 1.82) is 0 Å². The molecule has 1 aromatic heterocycles. The number of aromatic nitrogens is 1. The molecule has 0 fully saturated rings.